The summed E-state index contributed by atoms with van der Waals surface area (Å²) >= 11 is 5.59. The minimum absolute atomic E-state index is 0.0709. The minimum Gasteiger partial charge on any atom is -0.384 e. The largest absolute Gasteiger partial charge is 0.384 e. The summed E-state index contributed by atoms with van der Waals surface area (Å²) < 4.78 is 5.32. The molecule has 0 aromatic rings. The summed E-state index contributed by atoms with van der Waals surface area (Å²) in [4.78, 5) is 13.5. The summed E-state index contributed by atoms with van der Waals surface area (Å²) in [6, 6.07) is 0. The van der Waals surface area contributed by atoms with Gasteiger partial charge in [0.2, 0.25) is 5.91 Å². The van der Waals surface area contributed by atoms with Crippen molar-refractivity contribution in [3.8, 4) is 0 Å². The number of carbonyl (C=O) groups is 1. The molecule has 0 aromatic carbocycles. The summed E-state index contributed by atoms with van der Waals surface area (Å²) in [5.41, 5.74) is 0.233. The van der Waals surface area contributed by atoms with Gasteiger partial charge in [0.25, 0.3) is 0 Å². The first-order chi connectivity index (χ1) is 7.22. The van der Waals surface area contributed by atoms with Gasteiger partial charge < -0.3 is 9.64 Å². The Morgan fingerprint density at radius 2 is 2.47 bits per heavy atom. The van der Waals surface area contributed by atoms with E-state index >= 15 is 0 Å². The second-order valence-electron chi connectivity index (χ2n) is 4.79. The average Bonchev–Trinajstić information content (AvgIpc) is 2.73. The lowest BCUT2D eigenvalue weighted by molar-refractivity contribution is -0.128. The molecule has 2 atom stereocenters. The summed E-state index contributed by atoms with van der Waals surface area (Å²) in [6.45, 7) is 2.51. The average molecular weight is 232 g/mol. The number of alkyl halides is 1. The summed E-state index contributed by atoms with van der Waals surface area (Å²) in [5.74, 6) is 0.807. The molecule has 3 nitrogen and oxygen atoms in total. The van der Waals surface area contributed by atoms with E-state index in [1.54, 1.807) is 7.11 Å². The van der Waals surface area contributed by atoms with Crippen molar-refractivity contribution in [2.75, 3.05) is 32.7 Å². The third kappa shape index (κ3) is 1.87. The summed E-state index contributed by atoms with van der Waals surface area (Å²) in [5, 5.41) is 0. The van der Waals surface area contributed by atoms with Crippen LogP contribution in [0.2, 0.25) is 0 Å². The minimum atomic E-state index is 0.0709. The van der Waals surface area contributed by atoms with E-state index in [-0.39, 0.29) is 17.2 Å². The van der Waals surface area contributed by atoms with Crippen LogP contribution in [0.5, 0.6) is 0 Å². The normalized spacial score (nSPS) is 34.5. The number of ether oxygens (including phenoxy) is 1. The van der Waals surface area contributed by atoms with Gasteiger partial charge in [-0.2, -0.15) is 0 Å². The number of fused-ring (bicyclic) bond motifs is 1. The lowest BCUT2D eigenvalue weighted by Gasteiger charge is -2.27. The van der Waals surface area contributed by atoms with Gasteiger partial charge in [0.1, 0.15) is 5.88 Å². The molecule has 1 heterocycles. The predicted molar refractivity (Wildman–Crippen MR) is 59.0 cm³/mol. The highest BCUT2D eigenvalue weighted by molar-refractivity contribution is 6.27. The van der Waals surface area contributed by atoms with E-state index in [1.807, 2.05) is 4.90 Å². The van der Waals surface area contributed by atoms with Gasteiger partial charge in [-0.15, -0.1) is 11.6 Å². The lowest BCUT2D eigenvalue weighted by Crippen LogP contribution is -2.35. The van der Waals surface area contributed by atoms with Gasteiger partial charge in [-0.05, 0) is 18.8 Å². The van der Waals surface area contributed by atoms with Crippen LogP contribution >= 0.6 is 11.6 Å². The second kappa shape index (κ2) is 4.30. The van der Waals surface area contributed by atoms with Crippen molar-refractivity contribution in [3.63, 3.8) is 0 Å². The monoisotopic (exact) mass is 231 g/mol. The van der Waals surface area contributed by atoms with Crippen molar-refractivity contribution >= 4 is 17.5 Å². The molecule has 86 valence electrons. The van der Waals surface area contributed by atoms with Gasteiger partial charge in [0.15, 0.2) is 0 Å². The first-order valence-corrected chi connectivity index (χ1v) is 6.08. The molecule has 4 heteroatoms. The van der Waals surface area contributed by atoms with Gasteiger partial charge in [0.05, 0.1) is 6.61 Å². The van der Waals surface area contributed by atoms with Crippen molar-refractivity contribution in [1.29, 1.82) is 0 Å². The Kier molecular flexibility index (Phi) is 3.21. The number of halogens is 1. The quantitative estimate of drug-likeness (QED) is 0.689. The topological polar surface area (TPSA) is 29.5 Å². The Morgan fingerprint density at radius 3 is 3.13 bits per heavy atom. The van der Waals surface area contributed by atoms with Crippen LogP contribution in [0.15, 0.2) is 0 Å². The molecule has 15 heavy (non-hydrogen) atoms. The third-order valence-corrected chi connectivity index (χ3v) is 4.17. The van der Waals surface area contributed by atoms with Crippen LogP contribution < -0.4 is 0 Å². The highest BCUT2D eigenvalue weighted by Gasteiger charge is 2.50. The molecule has 0 unspecified atom stereocenters. The molecule has 0 N–H and O–H groups in total. The number of amides is 1. The molecule has 1 amide bonds. The van der Waals surface area contributed by atoms with Crippen molar-refractivity contribution in [2.24, 2.45) is 11.3 Å². The number of nitrogens with zero attached hydrogens (tertiary/aromatic N) is 1. The molecule has 2 fully saturated rings. The number of likely N-dealkylation sites (tertiary alicyclic amines) is 1. The van der Waals surface area contributed by atoms with Gasteiger partial charge in [-0.3, -0.25) is 4.79 Å². The van der Waals surface area contributed by atoms with Crippen LogP contribution in [0, 0.1) is 11.3 Å². The number of carbonyl (C=O) groups excluding carboxylic acids is 1. The smallest absolute Gasteiger partial charge is 0.237 e. The zero-order valence-electron chi connectivity index (χ0n) is 9.17. The first kappa shape index (κ1) is 11.2. The fraction of sp³-hybridized carbons (Fsp3) is 0.909. The van der Waals surface area contributed by atoms with Crippen LogP contribution in [0.3, 0.4) is 0 Å². The molecule has 2 aliphatic rings. The van der Waals surface area contributed by atoms with Crippen LogP contribution in [-0.2, 0) is 9.53 Å². The second-order valence-corrected chi connectivity index (χ2v) is 5.06. The van der Waals surface area contributed by atoms with E-state index < -0.39 is 0 Å². The van der Waals surface area contributed by atoms with E-state index in [2.05, 4.69) is 0 Å². The molecule has 1 saturated carbocycles. The maximum atomic E-state index is 11.5. The molecule has 0 bridgehead atoms. The standard InChI is InChI=1S/C11H18ClNO2/c1-15-8-11-4-2-3-9(11)6-13(7-11)10(14)5-12/h9H,2-8H2,1H3/t9-,11-/m1/s1. The molecule has 1 aliphatic carbocycles. The zero-order valence-corrected chi connectivity index (χ0v) is 9.92. The summed E-state index contributed by atoms with van der Waals surface area (Å²) in [7, 11) is 1.75. The molecule has 1 saturated heterocycles. The molecular formula is C11H18ClNO2. The fourth-order valence-electron chi connectivity index (χ4n) is 3.21. The van der Waals surface area contributed by atoms with Crippen LogP contribution in [0.25, 0.3) is 0 Å². The van der Waals surface area contributed by atoms with Gasteiger partial charge >= 0.3 is 0 Å². The molecule has 1 aliphatic heterocycles. The van der Waals surface area contributed by atoms with Crippen LogP contribution in [0.4, 0.5) is 0 Å². The Balaban J connectivity index is 2.07. The van der Waals surface area contributed by atoms with Crippen molar-refractivity contribution in [1.82, 2.24) is 4.90 Å². The SMILES string of the molecule is COC[C@]12CCC[C@@H]1CN(C(=O)CCl)C2. The van der Waals surface area contributed by atoms with Crippen molar-refractivity contribution < 1.29 is 9.53 Å². The Hall–Kier alpha value is -0.280. The number of hydrogen-bond donors (Lipinski definition) is 0. The van der Waals surface area contributed by atoms with Gasteiger partial charge in [-0.25, -0.2) is 0 Å². The number of hydrogen-bond acceptors (Lipinski definition) is 2. The van der Waals surface area contributed by atoms with E-state index in [0.29, 0.717) is 5.92 Å². The van der Waals surface area contributed by atoms with E-state index in [4.69, 9.17) is 16.3 Å². The molecular weight excluding hydrogens is 214 g/mol. The molecule has 0 spiro atoms. The third-order valence-electron chi connectivity index (χ3n) is 3.94. The van der Waals surface area contributed by atoms with E-state index in [1.165, 1.54) is 19.3 Å². The molecule has 0 aromatic heterocycles. The molecule has 0 radical (unpaired) electrons. The number of methoxy groups -OCH3 is 1. The maximum absolute atomic E-state index is 11.5. The molecule has 2 rings (SSSR count). The van der Waals surface area contributed by atoms with Crippen LogP contribution in [-0.4, -0.2) is 43.5 Å². The van der Waals surface area contributed by atoms with Crippen molar-refractivity contribution in [3.05, 3.63) is 0 Å². The highest BCUT2D eigenvalue weighted by atomic mass is 35.5. The Bertz CT molecular complexity index is 259. The Morgan fingerprint density at radius 1 is 1.67 bits per heavy atom. The maximum Gasteiger partial charge on any atom is 0.237 e. The van der Waals surface area contributed by atoms with Crippen LogP contribution in [0.1, 0.15) is 19.3 Å². The number of rotatable bonds is 3. The lowest BCUT2D eigenvalue weighted by atomic mass is 9.82. The van der Waals surface area contributed by atoms with E-state index in [0.717, 1.165) is 19.7 Å². The summed E-state index contributed by atoms with van der Waals surface area (Å²) in [6.07, 6.45) is 3.70. The highest BCUT2D eigenvalue weighted by Crippen LogP contribution is 2.48. The van der Waals surface area contributed by atoms with Gasteiger partial charge in [0, 0.05) is 25.6 Å². The predicted octanol–water partition coefficient (Wildman–Crippen LogP) is 1.50. The van der Waals surface area contributed by atoms with Gasteiger partial charge in [-0.1, -0.05) is 6.42 Å². The zero-order chi connectivity index (χ0) is 10.9. The van der Waals surface area contributed by atoms with E-state index in [9.17, 15) is 4.79 Å². The van der Waals surface area contributed by atoms with Crippen molar-refractivity contribution in [2.45, 2.75) is 19.3 Å². The fourth-order valence-corrected chi connectivity index (χ4v) is 3.38. The first-order valence-electron chi connectivity index (χ1n) is 5.54. The Labute approximate surface area is 95.7 Å².